The molecule has 19 heavy (non-hydrogen) atoms. The molecule has 0 amide bonds. The topological polar surface area (TPSA) is 15.3 Å². The average molecular weight is 280 g/mol. The van der Waals surface area contributed by atoms with Crippen molar-refractivity contribution < 1.29 is 0 Å². The van der Waals surface area contributed by atoms with E-state index in [1.165, 1.54) is 42.7 Å². The van der Waals surface area contributed by atoms with Gasteiger partial charge in [0, 0.05) is 30.6 Å². The SMILES string of the molecule is Cc1ccsc1CNCCN(C)C1CCCCC1C. The van der Waals surface area contributed by atoms with E-state index in [9.17, 15) is 0 Å². The molecule has 2 atom stereocenters. The first-order valence-electron chi connectivity index (χ1n) is 7.62. The van der Waals surface area contributed by atoms with Crippen molar-refractivity contribution in [1.82, 2.24) is 10.2 Å². The van der Waals surface area contributed by atoms with Gasteiger partial charge in [0.05, 0.1) is 0 Å². The minimum Gasteiger partial charge on any atom is -0.311 e. The lowest BCUT2D eigenvalue weighted by atomic mass is 9.85. The Morgan fingerprint density at radius 1 is 1.37 bits per heavy atom. The Bertz CT molecular complexity index is 375. The highest BCUT2D eigenvalue weighted by atomic mass is 32.1. The molecule has 2 nitrogen and oxygen atoms in total. The third-order valence-electron chi connectivity index (χ3n) is 4.53. The fraction of sp³-hybridized carbons (Fsp3) is 0.750. The molecule has 1 fully saturated rings. The summed E-state index contributed by atoms with van der Waals surface area (Å²) in [4.78, 5) is 4.05. The predicted molar refractivity (Wildman–Crippen MR) is 84.8 cm³/mol. The Balaban J connectivity index is 1.66. The molecule has 108 valence electrons. The Kier molecular flexibility index (Phi) is 5.86. The van der Waals surface area contributed by atoms with Crippen LogP contribution in [0.2, 0.25) is 0 Å². The van der Waals surface area contributed by atoms with Crippen LogP contribution >= 0.6 is 11.3 Å². The number of hydrogen-bond acceptors (Lipinski definition) is 3. The van der Waals surface area contributed by atoms with E-state index in [4.69, 9.17) is 0 Å². The van der Waals surface area contributed by atoms with E-state index >= 15 is 0 Å². The second kappa shape index (κ2) is 7.41. The van der Waals surface area contributed by atoms with E-state index in [-0.39, 0.29) is 0 Å². The van der Waals surface area contributed by atoms with Gasteiger partial charge in [0.25, 0.3) is 0 Å². The lowest BCUT2D eigenvalue weighted by Crippen LogP contribution is -2.42. The van der Waals surface area contributed by atoms with Crippen molar-refractivity contribution in [3.8, 4) is 0 Å². The summed E-state index contributed by atoms with van der Waals surface area (Å²) in [6, 6.07) is 3.01. The molecule has 3 heteroatoms. The third-order valence-corrected chi connectivity index (χ3v) is 5.55. The summed E-state index contributed by atoms with van der Waals surface area (Å²) in [6.07, 6.45) is 5.65. The summed E-state index contributed by atoms with van der Waals surface area (Å²) in [5.41, 5.74) is 1.42. The highest BCUT2D eigenvalue weighted by Gasteiger charge is 2.24. The molecule has 2 unspecified atom stereocenters. The predicted octanol–water partition coefficient (Wildman–Crippen LogP) is 3.66. The van der Waals surface area contributed by atoms with E-state index in [0.29, 0.717) is 0 Å². The second-order valence-electron chi connectivity index (χ2n) is 6.01. The number of hydrogen-bond donors (Lipinski definition) is 1. The van der Waals surface area contributed by atoms with Crippen LogP contribution in [0.4, 0.5) is 0 Å². The minimum absolute atomic E-state index is 0.805. The van der Waals surface area contributed by atoms with Gasteiger partial charge in [0.2, 0.25) is 0 Å². The zero-order valence-corrected chi connectivity index (χ0v) is 13.4. The highest BCUT2D eigenvalue weighted by Crippen LogP contribution is 2.27. The fourth-order valence-corrected chi connectivity index (χ4v) is 4.04. The van der Waals surface area contributed by atoms with Gasteiger partial charge >= 0.3 is 0 Å². The van der Waals surface area contributed by atoms with Gasteiger partial charge in [0.15, 0.2) is 0 Å². The molecule has 1 aliphatic carbocycles. The molecule has 0 radical (unpaired) electrons. The summed E-state index contributed by atoms with van der Waals surface area (Å²) in [5.74, 6) is 0.873. The molecule has 1 saturated carbocycles. The molecule has 0 bridgehead atoms. The lowest BCUT2D eigenvalue weighted by Gasteiger charge is -2.36. The number of nitrogens with zero attached hydrogens (tertiary/aromatic N) is 1. The van der Waals surface area contributed by atoms with E-state index in [2.05, 4.69) is 42.6 Å². The smallest absolute Gasteiger partial charge is 0.0302 e. The van der Waals surface area contributed by atoms with Crippen LogP contribution in [0.15, 0.2) is 11.4 Å². The molecule has 1 N–H and O–H groups in total. The standard InChI is InChI=1S/C16H28N2S/c1-13-6-4-5-7-15(13)18(3)10-9-17-12-16-14(2)8-11-19-16/h8,11,13,15,17H,4-7,9-10,12H2,1-3H3. The molecule has 1 aliphatic rings. The highest BCUT2D eigenvalue weighted by molar-refractivity contribution is 7.10. The molecule has 0 aliphatic heterocycles. The number of thiophene rings is 1. The summed E-state index contributed by atoms with van der Waals surface area (Å²) in [6.45, 7) is 7.90. The molecule has 0 saturated heterocycles. The minimum atomic E-state index is 0.805. The van der Waals surface area contributed by atoms with E-state index < -0.39 is 0 Å². The van der Waals surface area contributed by atoms with Crippen LogP contribution in [-0.2, 0) is 6.54 Å². The van der Waals surface area contributed by atoms with E-state index in [0.717, 1.165) is 25.0 Å². The van der Waals surface area contributed by atoms with Crippen LogP contribution in [0, 0.1) is 12.8 Å². The van der Waals surface area contributed by atoms with Gasteiger partial charge in [0.1, 0.15) is 0 Å². The largest absolute Gasteiger partial charge is 0.311 e. The Morgan fingerprint density at radius 3 is 2.84 bits per heavy atom. The zero-order valence-electron chi connectivity index (χ0n) is 12.6. The van der Waals surface area contributed by atoms with Crippen molar-refractivity contribution in [3.63, 3.8) is 0 Å². The first kappa shape index (κ1) is 15.0. The van der Waals surface area contributed by atoms with E-state index in [1.54, 1.807) is 0 Å². The molecule has 1 heterocycles. The summed E-state index contributed by atoms with van der Waals surface area (Å²) < 4.78 is 0. The molecule has 2 rings (SSSR count). The van der Waals surface area contributed by atoms with Crippen LogP contribution in [0.1, 0.15) is 43.0 Å². The van der Waals surface area contributed by atoms with Crippen LogP contribution in [0.3, 0.4) is 0 Å². The van der Waals surface area contributed by atoms with Gasteiger partial charge < -0.3 is 10.2 Å². The normalized spacial score (nSPS) is 24.0. The lowest BCUT2D eigenvalue weighted by molar-refractivity contribution is 0.140. The van der Waals surface area contributed by atoms with Crippen molar-refractivity contribution in [3.05, 3.63) is 21.9 Å². The maximum atomic E-state index is 3.58. The number of rotatable bonds is 6. The van der Waals surface area contributed by atoms with Crippen LogP contribution in [0.25, 0.3) is 0 Å². The van der Waals surface area contributed by atoms with Crippen LogP contribution in [0.5, 0.6) is 0 Å². The third kappa shape index (κ3) is 4.30. The Hall–Kier alpha value is -0.380. The number of aryl methyl sites for hydroxylation is 1. The quantitative estimate of drug-likeness (QED) is 0.800. The van der Waals surface area contributed by atoms with Crippen molar-refractivity contribution in [2.24, 2.45) is 5.92 Å². The first-order valence-corrected chi connectivity index (χ1v) is 8.50. The zero-order chi connectivity index (χ0) is 13.7. The van der Waals surface area contributed by atoms with Gasteiger partial charge in [-0.1, -0.05) is 19.8 Å². The number of nitrogens with one attached hydrogen (secondary N) is 1. The van der Waals surface area contributed by atoms with E-state index in [1.807, 2.05) is 11.3 Å². The number of likely N-dealkylation sites (N-methyl/N-ethyl adjacent to an activating group) is 1. The van der Waals surface area contributed by atoms with Crippen molar-refractivity contribution >= 4 is 11.3 Å². The van der Waals surface area contributed by atoms with Gasteiger partial charge in [-0.15, -0.1) is 11.3 Å². The maximum Gasteiger partial charge on any atom is 0.0302 e. The van der Waals surface area contributed by atoms with Gasteiger partial charge in [-0.05, 0) is 49.7 Å². The van der Waals surface area contributed by atoms with Gasteiger partial charge in [-0.25, -0.2) is 0 Å². The monoisotopic (exact) mass is 280 g/mol. The Morgan fingerprint density at radius 2 is 2.16 bits per heavy atom. The molecular weight excluding hydrogens is 252 g/mol. The van der Waals surface area contributed by atoms with Crippen molar-refractivity contribution in [2.45, 2.75) is 52.1 Å². The summed E-state index contributed by atoms with van der Waals surface area (Å²) in [7, 11) is 2.30. The van der Waals surface area contributed by atoms with Gasteiger partial charge in [-0.3, -0.25) is 0 Å². The fourth-order valence-electron chi connectivity index (χ4n) is 3.16. The molecular formula is C16H28N2S. The molecule has 1 aromatic rings. The van der Waals surface area contributed by atoms with Crippen molar-refractivity contribution in [2.75, 3.05) is 20.1 Å². The summed E-state index contributed by atoms with van der Waals surface area (Å²) in [5, 5.41) is 5.76. The second-order valence-corrected chi connectivity index (χ2v) is 7.01. The molecule has 1 aromatic heterocycles. The van der Waals surface area contributed by atoms with Crippen LogP contribution < -0.4 is 5.32 Å². The van der Waals surface area contributed by atoms with Crippen LogP contribution in [-0.4, -0.2) is 31.1 Å². The first-order chi connectivity index (χ1) is 9.18. The van der Waals surface area contributed by atoms with Gasteiger partial charge in [-0.2, -0.15) is 0 Å². The molecule has 0 spiro atoms. The average Bonchev–Trinajstić information content (AvgIpc) is 2.80. The summed E-state index contributed by atoms with van der Waals surface area (Å²) >= 11 is 1.86. The maximum absolute atomic E-state index is 3.58. The van der Waals surface area contributed by atoms with Crippen molar-refractivity contribution in [1.29, 1.82) is 0 Å². The molecule has 0 aromatic carbocycles. The Labute approximate surface area is 122 Å².